The summed E-state index contributed by atoms with van der Waals surface area (Å²) in [6, 6.07) is 4.79. The Labute approximate surface area is 170 Å². The van der Waals surface area contributed by atoms with E-state index in [1.165, 1.54) is 6.07 Å². The van der Waals surface area contributed by atoms with E-state index in [0.29, 0.717) is 17.8 Å². The summed E-state index contributed by atoms with van der Waals surface area (Å²) in [5.74, 6) is -0.286. The lowest BCUT2D eigenvalue weighted by Crippen LogP contribution is -2.27. The molecule has 0 atom stereocenters. The Hall–Kier alpha value is -2.61. The number of carbonyl (C=O) groups excluding carboxylic acids is 1. The number of rotatable bonds is 7. The zero-order valence-electron chi connectivity index (χ0n) is 15.7. The summed E-state index contributed by atoms with van der Waals surface area (Å²) in [5.41, 5.74) is 0.935. The summed E-state index contributed by atoms with van der Waals surface area (Å²) >= 11 is 0. The van der Waals surface area contributed by atoms with Gasteiger partial charge in [0.25, 0.3) is 11.6 Å². The molecule has 1 amide bonds. The van der Waals surface area contributed by atoms with Crippen LogP contribution in [0.5, 0.6) is 0 Å². The van der Waals surface area contributed by atoms with Gasteiger partial charge in [-0.15, -0.1) is 12.4 Å². The van der Waals surface area contributed by atoms with Gasteiger partial charge < -0.3 is 14.8 Å². The third kappa shape index (κ3) is 5.69. The van der Waals surface area contributed by atoms with E-state index in [0.717, 1.165) is 51.7 Å². The minimum Gasteiger partial charge on any atom is -0.366 e. The topological polar surface area (TPSA) is 93.3 Å². The van der Waals surface area contributed by atoms with E-state index >= 15 is 0 Å². The molecule has 1 N–H and O–H groups in total. The van der Waals surface area contributed by atoms with E-state index in [1.54, 1.807) is 24.7 Å². The molecule has 9 heteroatoms. The summed E-state index contributed by atoms with van der Waals surface area (Å²) in [7, 11) is 0. The molecule has 1 fully saturated rings. The van der Waals surface area contributed by atoms with Gasteiger partial charge in [-0.3, -0.25) is 14.9 Å². The number of anilines is 1. The van der Waals surface area contributed by atoms with E-state index in [4.69, 9.17) is 0 Å². The van der Waals surface area contributed by atoms with Gasteiger partial charge in [0.2, 0.25) is 0 Å². The summed E-state index contributed by atoms with van der Waals surface area (Å²) in [6.07, 6.45) is 10.5. The van der Waals surface area contributed by atoms with Crippen LogP contribution in [-0.4, -0.2) is 40.0 Å². The first-order valence-corrected chi connectivity index (χ1v) is 9.42. The van der Waals surface area contributed by atoms with E-state index < -0.39 is 4.92 Å². The average Bonchev–Trinajstić information content (AvgIpc) is 3.04. The van der Waals surface area contributed by atoms with Crippen molar-refractivity contribution in [1.29, 1.82) is 0 Å². The Morgan fingerprint density at radius 2 is 1.96 bits per heavy atom. The first kappa shape index (κ1) is 21.7. The number of halogens is 1. The van der Waals surface area contributed by atoms with Gasteiger partial charge in [0.05, 0.1) is 11.3 Å². The van der Waals surface area contributed by atoms with Crippen molar-refractivity contribution >= 4 is 29.7 Å². The molecule has 28 heavy (non-hydrogen) atoms. The smallest absolute Gasteiger partial charge is 0.293 e. The van der Waals surface area contributed by atoms with Crippen LogP contribution < -0.4 is 10.2 Å². The number of aromatic nitrogens is 2. The standard InChI is InChI=1S/C19H25N5O3.ClH/c25-19(21-8-5-10-22-13-9-20-15-22)16-6-7-17(18(14-16)24(26)27)23-11-3-1-2-4-12-23;/h6-7,9,13-15H,1-5,8,10-12H2,(H,21,25);1H. The molecular weight excluding hydrogens is 382 g/mol. The molecule has 0 bridgehead atoms. The number of amides is 1. The van der Waals surface area contributed by atoms with Crippen LogP contribution in [0.1, 0.15) is 42.5 Å². The number of nitrogens with zero attached hydrogens (tertiary/aromatic N) is 4. The Bertz CT molecular complexity index is 774. The summed E-state index contributed by atoms with van der Waals surface area (Å²) < 4.78 is 1.94. The van der Waals surface area contributed by atoms with Gasteiger partial charge in [-0.05, 0) is 31.4 Å². The molecule has 0 spiro atoms. The maximum Gasteiger partial charge on any atom is 0.293 e. The predicted octanol–water partition coefficient (Wildman–Crippen LogP) is 3.41. The Morgan fingerprint density at radius 1 is 1.21 bits per heavy atom. The van der Waals surface area contributed by atoms with Crippen LogP contribution in [0.3, 0.4) is 0 Å². The highest BCUT2D eigenvalue weighted by molar-refractivity contribution is 5.95. The molecule has 0 saturated carbocycles. The maximum atomic E-state index is 12.4. The normalized spacial score (nSPS) is 14.1. The maximum absolute atomic E-state index is 12.4. The van der Waals surface area contributed by atoms with Gasteiger partial charge in [0.15, 0.2) is 0 Å². The molecule has 1 saturated heterocycles. The third-order valence-corrected chi connectivity index (χ3v) is 4.82. The highest BCUT2D eigenvalue weighted by Crippen LogP contribution is 2.31. The SMILES string of the molecule is Cl.O=C(NCCCn1ccnc1)c1ccc(N2CCCCCC2)c([N+](=O)[O-])c1. The van der Waals surface area contributed by atoms with Crippen molar-refractivity contribution in [2.75, 3.05) is 24.5 Å². The van der Waals surface area contributed by atoms with Crippen molar-refractivity contribution < 1.29 is 9.72 Å². The fourth-order valence-electron chi connectivity index (χ4n) is 3.37. The molecule has 2 heterocycles. The molecule has 0 aliphatic carbocycles. The van der Waals surface area contributed by atoms with E-state index in [9.17, 15) is 14.9 Å². The predicted molar refractivity (Wildman–Crippen MR) is 110 cm³/mol. The summed E-state index contributed by atoms with van der Waals surface area (Å²) in [6.45, 7) is 2.90. The number of hydrogen-bond donors (Lipinski definition) is 1. The number of benzene rings is 1. The minimum absolute atomic E-state index is 0. The second-order valence-electron chi connectivity index (χ2n) is 6.77. The lowest BCUT2D eigenvalue weighted by molar-refractivity contribution is -0.384. The number of nitrogens with one attached hydrogen (secondary N) is 1. The molecule has 1 aliphatic heterocycles. The van der Waals surface area contributed by atoms with Gasteiger partial charge in [0, 0.05) is 50.2 Å². The molecule has 8 nitrogen and oxygen atoms in total. The lowest BCUT2D eigenvalue weighted by Gasteiger charge is -2.22. The third-order valence-electron chi connectivity index (χ3n) is 4.82. The fraction of sp³-hybridized carbons (Fsp3) is 0.474. The van der Waals surface area contributed by atoms with Crippen LogP contribution in [0, 0.1) is 10.1 Å². The van der Waals surface area contributed by atoms with Gasteiger partial charge in [-0.2, -0.15) is 0 Å². The highest BCUT2D eigenvalue weighted by Gasteiger charge is 2.22. The molecular formula is C19H26ClN5O3. The zero-order valence-corrected chi connectivity index (χ0v) is 16.6. The number of imidazole rings is 1. The van der Waals surface area contributed by atoms with Gasteiger partial charge >= 0.3 is 0 Å². The zero-order chi connectivity index (χ0) is 19.1. The first-order valence-electron chi connectivity index (χ1n) is 9.42. The van der Waals surface area contributed by atoms with E-state index in [1.807, 2.05) is 10.8 Å². The van der Waals surface area contributed by atoms with Crippen LogP contribution >= 0.6 is 12.4 Å². The number of hydrogen-bond acceptors (Lipinski definition) is 5. The Kier molecular flexibility index (Phi) is 8.25. The van der Waals surface area contributed by atoms with Crippen molar-refractivity contribution in [3.8, 4) is 0 Å². The van der Waals surface area contributed by atoms with Crippen LogP contribution in [0.4, 0.5) is 11.4 Å². The van der Waals surface area contributed by atoms with Crippen molar-refractivity contribution in [1.82, 2.24) is 14.9 Å². The molecule has 1 aromatic heterocycles. The molecule has 2 aromatic rings. The van der Waals surface area contributed by atoms with Crippen LogP contribution in [0.15, 0.2) is 36.9 Å². The van der Waals surface area contributed by atoms with Crippen LogP contribution in [0.2, 0.25) is 0 Å². The number of carbonyl (C=O) groups is 1. The summed E-state index contributed by atoms with van der Waals surface area (Å²) in [4.78, 5) is 29.6. The minimum atomic E-state index is -0.393. The second-order valence-corrected chi connectivity index (χ2v) is 6.77. The molecule has 1 aromatic carbocycles. The Balaban J connectivity index is 0.00000280. The number of nitro groups is 1. The first-order chi connectivity index (χ1) is 13.1. The van der Waals surface area contributed by atoms with Crippen molar-refractivity contribution in [3.05, 3.63) is 52.6 Å². The van der Waals surface area contributed by atoms with Gasteiger partial charge in [-0.25, -0.2) is 4.98 Å². The van der Waals surface area contributed by atoms with Gasteiger partial charge in [-0.1, -0.05) is 12.8 Å². The van der Waals surface area contributed by atoms with Crippen molar-refractivity contribution in [3.63, 3.8) is 0 Å². The quantitative estimate of drug-likeness (QED) is 0.431. The second kappa shape index (κ2) is 10.7. The summed E-state index contributed by atoms with van der Waals surface area (Å²) in [5, 5.41) is 14.4. The fourth-order valence-corrected chi connectivity index (χ4v) is 3.37. The van der Waals surface area contributed by atoms with E-state index in [2.05, 4.69) is 15.2 Å². The molecule has 0 unspecified atom stereocenters. The van der Waals surface area contributed by atoms with Crippen molar-refractivity contribution in [2.45, 2.75) is 38.6 Å². The largest absolute Gasteiger partial charge is 0.366 e. The van der Waals surface area contributed by atoms with Gasteiger partial charge in [0.1, 0.15) is 5.69 Å². The molecule has 3 rings (SSSR count). The number of aryl methyl sites for hydroxylation is 1. The molecule has 1 aliphatic rings. The highest BCUT2D eigenvalue weighted by atomic mass is 35.5. The van der Waals surface area contributed by atoms with E-state index in [-0.39, 0.29) is 24.0 Å². The lowest BCUT2D eigenvalue weighted by atomic mass is 10.1. The van der Waals surface area contributed by atoms with Crippen molar-refractivity contribution in [2.24, 2.45) is 0 Å². The monoisotopic (exact) mass is 407 g/mol. The Morgan fingerprint density at radius 3 is 2.61 bits per heavy atom. The van der Waals surface area contributed by atoms with Crippen LogP contribution in [-0.2, 0) is 6.54 Å². The number of nitro benzene ring substituents is 1. The van der Waals surface area contributed by atoms with Crippen LogP contribution in [0.25, 0.3) is 0 Å². The molecule has 152 valence electrons. The average molecular weight is 408 g/mol. The molecule has 0 radical (unpaired) electrons.